The lowest BCUT2D eigenvalue weighted by Crippen LogP contribution is -2.09. The molecule has 1 N–H and O–H groups in total. The lowest BCUT2D eigenvalue weighted by molar-refractivity contribution is -0.137. The van der Waals surface area contributed by atoms with Gasteiger partial charge in [-0.05, 0) is 24.6 Å². The second kappa shape index (κ2) is 5.56. The summed E-state index contributed by atoms with van der Waals surface area (Å²) in [6, 6.07) is 7.32. The SMILES string of the molecule is COc1cccc2c1ccn2C(=O)CCCC(=O)O. The number of benzene rings is 1. The number of ether oxygens (including phenoxy) is 1. The molecule has 0 bridgehead atoms. The molecule has 5 nitrogen and oxygen atoms in total. The Bertz CT molecular complexity index is 615. The van der Waals surface area contributed by atoms with Gasteiger partial charge in [-0.15, -0.1) is 0 Å². The number of rotatable bonds is 5. The van der Waals surface area contributed by atoms with Crippen molar-refractivity contribution < 1.29 is 19.4 Å². The van der Waals surface area contributed by atoms with Gasteiger partial charge >= 0.3 is 5.97 Å². The van der Waals surface area contributed by atoms with Crippen molar-refractivity contribution in [1.82, 2.24) is 4.57 Å². The average molecular weight is 261 g/mol. The van der Waals surface area contributed by atoms with Gasteiger partial charge in [-0.2, -0.15) is 0 Å². The Morgan fingerprint density at radius 2 is 2.05 bits per heavy atom. The molecule has 1 aromatic heterocycles. The summed E-state index contributed by atoms with van der Waals surface area (Å²) in [5.74, 6) is -0.272. The molecule has 0 aliphatic carbocycles. The largest absolute Gasteiger partial charge is 0.496 e. The van der Waals surface area contributed by atoms with E-state index in [-0.39, 0.29) is 18.7 Å². The third-order valence-electron chi connectivity index (χ3n) is 2.96. The van der Waals surface area contributed by atoms with Gasteiger partial charge in [0.25, 0.3) is 0 Å². The Morgan fingerprint density at radius 3 is 2.74 bits per heavy atom. The Kier molecular flexibility index (Phi) is 3.85. The molecular weight excluding hydrogens is 246 g/mol. The van der Waals surface area contributed by atoms with Crippen molar-refractivity contribution in [2.24, 2.45) is 0 Å². The molecule has 0 fully saturated rings. The second-order valence-corrected chi connectivity index (χ2v) is 4.22. The molecule has 2 rings (SSSR count). The van der Waals surface area contributed by atoms with Crippen LogP contribution in [0.5, 0.6) is 5.75 Å². The van der Waals surface area contributed by atoms with E-state index in [0.717, 1.165) is 16.7 Å². The highest BCUT2D eigenvalue weighted by molar-refractivity contribution is 5.95. The minimum absolute atomic E-state index is 0.00820. The molecule has 5 heteroatoms. The molecule has 0 amide bonds. The molecule has 100 valence electrons. The van der Waals surface area contributed by atoms with E-state index in [0.29, 0.717) is 6.42 Å². The van der Waals surface area contributed by atoms with Crippen LogP contribution < -0.4 is 4.74 Å². The minimum Gasteiger partial charge on any atom is -0.496 e. The molecule has 0 atom stereocenters. The molecule has 0 unspecified atom stereocenters. The van der Waals surface area contributed by atoms with Gasteiger partial charge in [0, 0.05) is 24.4 Å². The molecule has 0 aliphatic heterocycles. The fraction of sp³-hybridized carbons (Fsp3) is 0.286. The zero-order valence-electron chi connectivity index (χ0n) is 10.6. The zero-order valence-corrected chi connectivity index (χ0v) is 10.6. The first kappa shape index (κ1) is 13.1. The van der Waals surface area contributed by atoms with Gasteiger partial charge in [-0.1, -0.05) is 6.07 Å². The second-order valence-electron chi connectivity index (χ2n) is 4.22. The molecule has 19 heavy (non-hydrogen) atoms. The first-order valence-electron chi connectivity index (χ1n) is 6.02. The highest BCUT2D eigenvalue weighted by atomic mass is 16.5. The topological polar surface area (TPSA) is 68.5 Å². The Balaban J connectivity index is 2.21. The van der Waals surface area contributed by atoms with Crippen molar-refractivity contribution in [3.8, 4) is 5.75 Å². The van der Waals surface area contributed by atoms with Crippen LogP contribution in [0, 0.1) is 0 Å². The minimum atomic E-state index is -0.883. The fourth-order valence-electron chi connectivity index (χ4n) is 2.05. The first-order chi connectivity index (χ1) is 9.13. The van der Waals surface area contributed by atoms with Gasteiger partial charge in [-0.3, -0.25) is 14.2 Å². The summed E-state index contributed by atoms with van der Waals surface area (Å²) in [6.45, 7) is 0. The summed E-state index contributed by atoms with van der Waals surface area (Å²) < 4.78 is 6.77. The van der Waals surface area contributed by atoms with Crippen LogP contribution in [0.4, 0.5) is 0 Å². The van der Waals surface area contributed by atoms with E-state index < -0.39 is 5.97 Å². The van der Waals surface area contributed by atoms with E-state index >= 15 is 0 Å². The number of nitrogens with zero attached hydrogens (tertiary/aromatic N) is 1. The van der Waals surface area contributed by atoms with Crippen LogP contribution in [0.25, 0.3) is 10.9 Å². The number of fused-ring (bicyclic) bond motifs is 1. The Labute approximate surface area is 110 Å². The molecule has 0 saturated carbocycles. The number of aliphatic carboxylic acids is 1. The number of hydrogen-bond donors (Lipinski definition) is 1. The number of methoxy groups -OCH3 is 1. The number of carboxylic acid groups (broad SMARTS) is 1. The van der Waals surface area contributed by atoms with E-state index in [1.54, 1.807) is 17.9 Å². The predicted molar refractivity (Wildman–Crippen MR) is 70.6 cm³/mol. The number of carbonyl (C=O) groups excluding carboxylic acids is 1. The monoisotopic (exact) mass is 261 g/mol. The number of carbonyl (C=O) groups is 2. The first-order valence-corrected chi connectivity index (χ1v) is 6.02. The fourth-order valence-corrected chi connectivity index (χ4v) is 2.05. The van der Waals surface area contributed by atoms with Crippen LogP contribution in [-0.4, -0.2) is 28.7 Å². The van der Waals surface area contributed by atoms with Gasteiger partial charge in [0.05, 0.1) is 12.6 Å². The highest BCUT2D eigenvalue weighted by Gasteiger charge is 2.11. The lowest BCUT2D eigenvalue weighted by Gasteiger charge is -2.05. The van der Waals surface area contributed by atoms with Crippen LogP contribution in [-0.2, 0) is 4.79 Å². The molecule has 0 aliphatic rings. The van der Waals surface area contributed by atoms with E-state index in [4.69, 9.17) is 9.84 Å². The van der Waals surface area contributed by atoms with Gasteiger partial charge in [0.15, 0.2) is 0 Å². The van der Waals surface area contributed by atoms with Crippen molar-refractivity contribution in [3.05, 3.63) is 30.5 Å². The molecule has 0 spiro atoms. The predicted octanol–water partition coefficient (Wildman–Crippen LogP) is 2.54. The lowest BCUT2D eigenvalue weighted by atomic mass is 10.2. The molecule has 0 radical (unpaired) electrons. The van der Waals surface area contributed by atoms with Crippen molar-refractivity contribution in [1.29, 1.82) is 0 Å². The quantitative estimate of drug-likeness (QED) is 0.898. The van der Waals surface area contributed by atoms with Crippen LogP contribution in [0.2, 0.25) is 0 Å². The van der Waals surface area contributed by atoms with Crippen molar-refractivity contribution in [2.75, 3.05) is 7.11 Å². The maximum absolute atomic E-state index is 12.0. The van der Waals surface area contributed by atoms with Crippen LogP contribution in [0.1, 0.15) is 24.1 Å². The standard InChI is InChI=1S/C14H15NO4/c1-19-12-5-2-4-11-10(12)8-9-15(11)13(16)6-3-7-14(17)18/h2,4-5,8-9H,3,6-7H2,1H3,(H,17,18). The Morgan fingerprint density at radius 1 is 1.26 bits per heavy atom. The van der Waals surface area contributed by atoms with Gasteiger partial charge in [0.1, 0.15) is 5.75 Å². The molecule has 1 aromatic carbocycles. The molecule has 1 heterocycles. The zero-order chi connectivity index (χ0) is 13.8. The summed E-state index contributed by atoms with van der Waals surface area (Å²) >= 11 is 0. The van der Waals surface area contributed by atoms with Gasteiger partial charge in [-0.25, -0.2) is 0 Å². The maximum atomic E-state index is 12.0. The van der Waals surface area contributed by atoms with Gasteiger partial charge in [0.2, 0.25) is 5.91 Å². The maximum Gasteiger partial charge on any atom is 0.303 e. The summed E-state index contributed by atoms with van der Waals surface area (Å²) in [6.07, 6.45) is 2.26. The summed E-state index contributed by atoms with van der Waals surface area (Å²) in [4.78, 5) is 22.5. The number of carboxylic acids is 1. The van der Waals surface area contributed by atoms with Crippen molar-refractivity contribution in [3.63, 3.8) is 0 Å². The van der Waals surface area contributed by atoms with Crippen LogP contribution >= 0.6 is 0 Å². The normalized spacial score (nSPS) is 10.6. The molecular formula is C14H15NO4. The van der Waals surface area contributed by atoms with Crippen molar-refractivity contribution in [2.45, 2.75) is 19.3 Å². The van der Waals surface area contributed by atoms with E-state index in [1.165, 1.54) is 0 Å². The van der Waals surface area contributed by atoms with E-state index in [1.807, 2.05) is 24.3 Å². The third-order valence-corrected chi connectivity index (χ3v) is 2.96. The molecule has 0 saturated heterocycles. The molecule has 2 aromatic rings. The summed E-state index contributed by atoms with van der Waals surface area (Å²) in [7, 11) is 1.58. The van der Waals surface area contributed by atoms with E-state index in [2.05, 4.69) is 0 Å². The number of aromatic nitrogens is 1. The van der Waals surface area contributed by atoms with Crippen LogP contribution in [0.15, 0.2) is 30.5 Å². The smallest absolute Gasteiger partial charge is 0.303 e. The summed E-state index contributed by atoms with van der Waals surface area (Å²) in [5, 5.41) is 9.43. The Hall–Kier alpha value is -2.30. The summed E-state index contributed by atoms with van der Waals surface area (Å²) in [5.41, 5.74) is 0.777. The van der Waals surface area contributed by atoms with E-state index in [9.17, 15) is 9.59 Å². The third kappa shape index (κ3) is 2.76. The van der Waals surface area contributed by atoms with Gasteiger partial charge < -0.3 is 9.84 Å². The van der Waals surface area contributed by atoms with Crippen molar-refractivity contribution >= 4 is 22.8 Å². The number of hydrogen-bond acceptors (Lipinski definition) is 3. The van der Waals surface area contributed by atoms with Crippen LogP contribution in [0.3, 0.4) is 0 Å². The average Bonchev–Trinajstić information content (AvgIpc) is 2.81. The highest BCUT2D eigenvalue weighted by Crippen LogP contribution is 2.26.